The van der Waals surface area contributed by atoms with Crippen molar-refractivity contribution in [3.63, 3.8) is 0 Å². The minimum absolute atomic E-state index is 0.0306. The quantitative estimate of drug-likeness (QED) is 0.852. The van der Waals surface area contributed by atoms with E-state index in [1.165, 1.54) is 0 Å². The van der Waals surface area contributed by atoms with Crippen molar-refractivity contribution in [3.8, 4) is 0 Å². The van der Waals surface area contributed by atoms with Crippen molar-refractivity contribution in [2.75, 3.05) is 13.7 Å². The highest BCUT2D eigenvalue weighted by molar-refractivity contribution is 6.00. The molecule has 0 spiro atoms. The van der Waals surface area contributed by atoms with Crippen molar-refractivity contribution >= 4 is 17.5 Å². The molecule has 0 bridgehead atoms. The molecule has 0 atom stereocenters. The van der Waals surface area contributed by atoms with E-state index in [0.29, 0.717) is 4.52 Å². The summed E-state index contributed by atoms with van der Waals surface area (Å²) in [4.78, 5) is 27.3. The van der Waals surface area contributed by atoms with Gasteiger partial charge in [0.15, 0.2) is 5.65 Å². The normalized spacial score (nSPS) is 14.7. The second kappa shape index (κ2) is 5.77. The number of amides is 1. The summed E-state index contributed by atoms with van der Waals surface area (Å²) in [6.45, 7) is -0.402. The molecule has 3 rings (SSSR count). The Morgan fingerprint density at radius 3 is 2.71 bits per heavy atom. The smallest absolute Gasteiger partial charge is 0.433 e. The van der Waals surface area contributed by atoms with Crippen LogP contribution in [0.4, 0.5) is 13.2 Å². The first-order valence-corrected chi connectivity index (χ1v) is 7.12. The van der Waals surface area contributed by atoms with Gasteiger partial charge in [-0.1, -0.05) is 0 Å². The molecule has 24 heavy (non-hydrogen) atoms. The number of alkyl halides is 3. The maximum Gasteiger partial charge on any atom is 0.433 e. The molecule has 1 aliphatic rings. The Kier molecular flexibility index (Phi) is 3.90. The van der Waals surface area contributed by atoms with Gasteiger partial charge < -0.3 is 10.1 Å². The summed E-state index contributed by atoms with van der Waals surface area (Å²) in [7, 11) is 1.16. The molecule has 0 saturated heterocycles. The Bertz CT molecular complexity index is 811. The van der Waals surface area contributed by atoms with Crippen LogP contribution in [0, 0.1) is 0 Å². The fourth-order valence-electron chi connectivity index (χ4n) is 2.25. The molecule has 1 aliphatic carbocycles. The maximum atomic E-state index is 13.2. The van der Waals surface area contributed by atoms with Gasteiger partial charge in [-0.3, -0.25) is 9.59 Å². The van der Waals surface area contributed by atoms with Crippen LogP contribution in [-0.4, -0.2) is 40.1 Å². The summed E-state index contributed by atoms with van der Waals surface area (Å²) >= 11 is 0. The van der Waals surface area contributed by atoms with E-state index in [9.17, 15) is 22.8 Å². The zero-order valence-electron chi connectivity index (χ0n) is 12.6. The molecule has 7 nitrogen and oxygen atoms in total. The first-order chi connectivity index (χ1) is 11.3. The summed E-state index contributed by atoms with van der Waals surface area (Å²) in [6.07, 6.45) is -2.10. The second-order valence-electron chi connectivity index (χ2n) is 5.39. The van der Waals surface area contributed by atoms with Crippen LogP contribution in [0.25, 0.3) is 5.65 Å². The van der Waals surface area contributed by atoms with Crippen molar-refractivity contribution in [1.29, 1.82) is 0 Å². The monoisotopic (exact) mass is 342 g/mol. The Balaban J connectivity index is 2.02. The van der Waals surface area contributed by atoms with Crippen LogP contribution < -0.4 is 5.32 Å². The molecule has 2 aromatic rings. The first-order valence-electron chi connectivity index (χ1n) is 7.12. The van der Waals surface area contributed by atoms with E-state index >= 15 is 0 Å². The van der Waals surface area contributed by atoms with E-state index in [4.69, 9.17) is 0 Å². The van der Waals surface area contributed by atoms with Gasteiger partial charge in [0, 0.05) is 11.6 Å². The molecule has 128 valence electrons. The highest BCUT2D eigenvalue weighted by Crippen LogP contribution is 2.41. The number of hydrogen-bond donors (Lipinski definition) is 1. The van der Waals surface area contributed by atoms with Crippen LogP contribution in [0.2, 0.25) is 0 Å². The third kappa shape index (κ3) is 3.03. The molecule has 0 unspecified atom stereocenters. The number of nitrogens with zero attached hydrogens (tertiary/aromatic N) is 3. The molecule has 0 aromatic carbocycles. The minimum Gasteiger partial charge on any atom is -0.468 e. The van der Waals surface area contributed by atoms with Gasteiger partial charge in [0.2, 0.25) is 0 Å². The number of halogens is 3. The van der Waals surface area contributed by atoms with Gasteiger partial charge in [-0.2, -0.15) is 18.3 Å². The SMILES string of the molecule is COC(=O)CNC(=O)c1cnn2c(C(F)(F)F)cc(C3CC3)nc12. The largest absolute Gasteiger partial charge is 0.468 e. The van der Waals surface area contributed by atoms with Gasteiger partial charge >= 0.3 is 12.1 Å². The molecule has 2 heterocycles. The Hall–Kier alpha value is -2.65. The lowest BCUT2D eigenvalue weighted by Crippen LogP contribution is -2.30. The van der Waals surface area contributed by atoms with E-state index in [0.717, 1.165) is 32.2 Å². The van der Waals surface area contributed by atoms with Crippen LogP contribution in [0.15, 0.2) is 12.3 Å². The topological polar surface area (TPSA) is 85.6 Å². The van der Waals surface area contributed by atoms with Crippen LogP contribution in [0.3, 0.4) is 0 Å². The van der Waals surface area contributed by atoms with Crippen molar-refractivity contribution in [3.05, 3.63) is 29.2 Å². The zero-order valence-corrected chi connectivity index (χ0v) is 12.6. The number of methoxy groups -OCH3 is 1. The van der Waals surface area contributed by atoms with Crippen molar-refractivity contribution in [2.45, 2.75) is 24.9 Å². The number of nitrogens with one attached hydrogen (secondary N) is 1. The average Bonchev–Trinajstić information content (AvgIpc) is 3.29. The Morgan fingerprint density at radius 1 is 1.42 bits per heavy atom. The van der Waals surface area contributed by atoms with Crippen LogP contribution >= 0.6 is 0 Å². The molecule has 1 saturated carbocycles. The van der Waals surface area contributed by atoms with Gasteiger partial charge in [-0.25, -0.2) is 9.50 Å². The van der Waals surface area contributed by atoms with E-state index in [1.807, 2.05) is 0 Å². The zero-order chi connectivity index (χ0) is 17.5. The molecular weight excluding hydrogens is 329 g/mol. The molecule has 1 fully saturated rings. The third-order valence-corrected chi connectivity index (χ3v) is 3.64. The predicted octanol–water partition coefficient (Wildman–Crippen LogP) is 1.53. The lowest BCUT2D eigenvalue weighted by Gasteiger charge is -2.11. The lowest BCUT2D eigenvalue weighted by atomic mass is 10.2. The van der Waals surface area contributed by atoms with E-state index in [2.05, 4.69) is 20.1 Å². The summed E-state index contributed by atoms with van der Waals surface area (Å²) in [5.41, 5.74) is -1.01. The number of fused-ring (bicyclic) bond motifs is 1. The number of hydrogen-bond acceptors (Lipinski definition) is 5. The molecule has 0 radical (unpaired) electrons. The standard InChI is InChI=1S/C14H13F3N4O3/c1-24-11(22)6-18-13(23)8-5-19-21-10(14(15,16)17)4-9(7-2-3-7)20-12(8)21/h4-5,7H,2-3,6H2,1H3,(H,18,23). The Morgan fingerprint density at radius 2 is 2.12 bits per heavy atom. The summed E-state index contributed by atoms with van der Waals surface area (Å²) in [5, 5.41) is 5.89. The van der Waals surface area contributed by atoms with Crippen molar-refractivity contribution in [1.82, 2.24) is 19.9 Å². The Labute approximate surface area is 133 Å². The third-order valence-electron chi connectivity index (χ3n) is 3.64. The molecule has 1 amide bonds. The van der Waals surface area contributed by atoms with Gasteiger partial charge in [-0.05, 0) is 18.9 Å². The number of carbonyl (C=O) groups excluding carboxylic acids is 2. The summed E-state index contributed by atoms with van der Waals surface area (Å²) in [5.74, 6) is -1.46. The molecule has 0 aliphatic heterocycles. The first kappa shape index (κ1) is 16.2. The second-order valence-corrected chi connectivity index (χ2v) is 5.39. The lowest BCUT2D eigenvalue weighted by molar-refractivity contribution is -0.142. The highest BCUT2D eigenvalue weighted by atomic mass is 19.4. The highest BCUT2D eigenvalue weighted by Gasteiger charge is 2.37. The molecule has 1 N–H and O–H groups in total. The average molecular weight is 342 g/mol. The predicted molar refractivity (Wildman–Crippen MR) is 74.3 cm³/mol. The van der Waals surface area contributed by atoms with Crippen LogP contribution in [0.5, 0.6) is 0 Å². The molecular formula is C14H13F3N4O3. The number of aromatic nitrogens is 3. The van der Waals surface area contributed by atoms with Crippen molar-refractivity contribution < 1.29 is 27.5 Å². The summed E-state index contributed by atoms with van der Waals surface area (Å²) in [6, 6.07) is 0.966. The number of rotatable bonds is 4. The van der Waals surface area contributed by atoms with E-state index in [-0.39, 0.29) is 22.8 Å². The van der Waals surface area contributed by atoms with Gasteiger partial charge in [-0.15, -0.1) is 0 Å². The maximum absolute atomic E-state index is 13.2. The fraction of sp³-hybridized carbons (Fsp3) is 0.429. The number of esters is 1. The number of carbonyl (C=O) groups is 2. The molecule has 2 aromatic heterocycles. The van der Waals surface area contributed by atoms with E-state index in [1.54, 1.807) is 0 Å². The van der Waals surface area contributed by atoms with Gasteiger partial charge in [0.05, 0.1) is 13.3 Å². The van der Waals surface area contributed by atoms with Gasteiger partial charge in [0.1, 0.15) is 17.8 Å². The van der Waals surface area contributed by atoms with Crippen LogP contribution in [0.1, 0.15) is 40.5 Å². The minimum atomic E-state index is -4.63. The van der Waals surface area contributed by atoms with Crippen LogP contribution in [-0.2, 0) is 15.7 Å². The van der Waals surface area contributed by atoms with E-state index < -0.39 is 30.3 Å². The van der Waals surface area contributed by atoms with Gasteiger partial charge in [0.25, 0.3) is 5.91 Å². The van der Waals surface area contributed by atoms with Crippen molar-refractivity contribution in [2.24, 2.45) is 0 Å². The molecule has 10 heteroatoms. The number of ether oxygens (including phenoxy) is 1. The summed E-state index contributed by atoms with van der Waals surface area (Å²) < 4.78 is 44.7. The fourth-order valence-corrected chi connectivity index (χ4v) is 2.25.